The first-order chi connectivity index (χ1) is 12.2. The molecule has 0 saturated heterocycles. The van der Waals surface area contributed by atoms with E-state index < -0.39 is 11.7 Å². The van der Waals surface area contributed by atoms with Crippen LogP contribution in [0.2, 0.25) is 5.02 Å². The number of hydrogen-bond donors (Lipinski definition) is 0. The molecule has 1 aliphatic rings. The Labute approximate surface area is 157 Å². The largest absolute Gasteiger partial charge is 0.442 e. The van der Waals surface area contributed by atoms with E-state index in [1.807, 2.05) is 30.3 Å². The van der Waals surface area contributed by atoms with Crippen molar-refractivity contribution in [1.29, 1.82) is 0 Å². The third-order valence-electron chi connectivity index (χ3n) is 3.73. The third-order valence-corrected chi connectivity index (χ3v) is 3.97. The molecule has 0 radical (unpaired) electrons. The first-order valence-electron chi connectivity index (χ1n) is 8.22. The van der Waals surface area contributed by atoms with E-state index in [1.165, 1.54) is 0 Å². The fraction of sp³-hybridized carbons (Fsp3) is 0.250. The number of benzene rings is 2. The highest BCUT2D eigenvalue weighted by molar-refractivity contribution is 6.55. The molecule has 1 aliphatic heterocycles. The maximum Gasteiger partial charge on any atom is 0.434 e. The first-order valence-corrected chi connectivity index (χ1v) is 8.60. The Morgan fingerprint density at radius 3 is 2.50 bits per heavy atom. The predicted octanol–water partition coefficient (Wildman–Crippen LogP) is 4.61. The monoisotopic (exact) mass is 370 g/mol. The van der Waals surface area contributed by atoms with Crippen LogP contribution in [0, 0.1) is 0 Å². The number of anilines is 1. The Kier molecular flexibility index (Phi) is 4.83. The van der Waals surface area contributed by atoms with E-state index in [9.17, 15) is 9.59 Å². The molecule has 134 valence electrons. The molecular formula is C20H19ClN2O3. The quantitative estimate of drug-likeness (QED) is 0.775. The van der Waals surface area contributed by atoms with E-state index in [4.69, 9.17) is 16.3 Å². The molecule has 26 heavy (non-hydrogen) atoms. The molecule has 3 rings (SSSR count). The maximum absolute atomic E-state index is 12.9. The molecule has 2 aromatic carbocycles. The average molecular weight is 371 g/mol. The van der Waals surface area contributed by atoms with Crippen LogP contribution < -0.4 is 4.90 Å². The number of hydrogen-bond acceptors (Lipinski definition) is 3. The normalized spacial score (nSPS) is 15.3. The van der Waals surface area contributed by atoms with E-state index in [1.54, 1.807) is 43.9 Å². The highest BCUT2D eigenvalue weighted by atomic mass is 35.5. The second-order valence-electron chi connectivity index (χ2n) is 6.98. The average Bonchev–Trinajstić information content (AvgIpc) is 2.79. The summed E-state index contributed by atoms with van der Waals surface area (Å²) >= 11 is 6.11. The Bertz CT molecular complexity index is 886. The number of rotatable bonds is 2. The van der Waals surface area contributed by atoms with Gasteiger partial charge < -0.3 is 9.64 Å². The molecule has 0 bridgehead atoms. The van der Waals surface area contributed by atoms with Gasteiger partial charge in [-0.3, -0.25) is 4.79 Å². The predicted molar refractivity (Wildman–Crippen MR) is 102 cm³/mol. The lowest BCUT2D eigenvalue weighted by molar-refractivity contribution is -0.112. The first kappa shape index (κ1) is 18.1. The molecule has 0 fully saturated rings. The molecular weight excluding hydrogens is 352 g/mol. The van der Waals surface area contributed by atoms with Gasteiger partial charge in [-0.05, 0) is 44.5 Å². The van der Waals surface area contributed by atoms with Gasteiger partial charge in [0.15, 0.2) is 0 Å². The Morgan fingerprint density at radius 1 is 1.15 bits per heavy atom. The molecule has 0 aliphatic carbocycles. The van der Waals surface area contributed by atoms with Crippen LogP contribution in [0.1, 0.15) is 31.9 Å². The van der Waals surface area contributed by atoms with Gasteiger partial charge in [0.2, 0.25) is 0 Å². The summed E-state index contributed by atoms with van der Waals surface area (Å²) in [6, 6.07) is 14.7. The van der Waals surface area contributed by atoms with Gasteiger partial charge in [-0.2, -0.15) is 4.99 Å². The minimum atomic E-state index is -0.789. The molecule has 0 saturated carbocycles. The van der Waals surface area contributed by atoms with Crippen molar-refractivity contribution in [3.05, 3.63) is 64.7 Å². The van der Waals surface area contributed by atoms with Gasteiger partial charge in [0.05, 0.1) is 12.2 Å². The molecule has 0 unspecified atom stereocenters. The fourth-order valence-corrected chi connectivity index (χ4v) is 2.85. The summed E-state index contributed by atoms with van der Waals surface area (Å²) in [7, 11) is 0. The Hall–Kier alpha value is -2.66. The van der Waals surface area contributed by atoms with Gasteiger partial charge in [0, 0.05) is 10.6 Å². The van der Waals surface area contributed by atoms with E-state index in [0.717, 1.165) is 5.56 Å². The lowest BCUT2D eigenvalue weighted by Crippen LogP contribution is -2.30. The summed E-state index contributed by atoms with van der Waals surface area (Å²) in [4.78, 5) is 30.5. The van der Waals surface area contributed by atoms with Crippen LogP contribution in [0.15, 0.2) is 53.5 Å². The summed E-state index contributed by atoms with van der Waals surface area (Å²) in [5.74, 6) is -0.350. The second kappa shape index (κ2) is 6.92. The maximum atomic E-state index is 12.9. The molecule has 0 aromatic heterocycles. The van der Waals surface area contributed by atoms with Crippen LogP contribution in [0.3, 0.4) is 0 Å². The van der Waals surface area contributed by atoms with Crippen molar-refractivity contribution in [2.24, 2.45) is 4.99 Å². The molecule has 6 heteroatoms. The molecule has 2 amide bonds. The van der Waals surface area contributed by atoms with E-state index in [0.29, 0.717) is 22.8 Å². The molecule has 0 N–H and O–H groups in total. The number of fused-ring (bicyclic) bond motifs is 1. The van der Waals surface area contributed by atoms with Gasteiger partial charge in [-0.25, -0.2) is 4.79 Å². The summed E-state index contributed by atoms with van der Waals surface area (Å²) in [5.41, 5.74) is 1.55. The lowest BCUT2D eigenvalue weighted by atomic mass is 10.1. The Balaban J connectivity index is 1.98. The Morgan fingerprint density at radius 2 is 1.85 bits per heavy atom. The zero-order valence-electron chi connectivity index (χ0n) is 14.8. The minimum absolute atomic E-state index is 0.0712. The van der Waals surface area contributed by atoms with Crippen molar-refractivity contribution >= 4 is 35.0 Å². The highest BCUT2D eigenvalue weighted by Gasteiger charge is 2.35. The van der Waals surface area contributed by atoms with Crippen LogP contribution in [-0.2, 0) is 16.1 Å². The van der Waals surface area contributed by atoms with Crippen molar-refractivity contribution in [1.82, 2.24) is 0 Å². The SMILES string of the molecule is CC(C)(C)OC(=O)/N=C1/C(=O)N(Cc2ccccc2)c2cc(Cl)ccc21. The highest BCUT2D eigenvalue weighted by Crippen LogP contribution is 2.33. The smallest absolute Gasteiger partial charge is 0.434 e. The van der Waals surface area contributed by atoms with Gasteiger partial charge in [-0.15, -0.1) is 0 Å². The van der Waals surface area contributed by atoms with Crippen LogP contribution in [0.4, 0.5) is 10.5 Å². The number of nitrogens with zero attached hydrogens (tertiary/aromatic N) is 2. The third kappa shape index (κ3) is 3.94. The van der Waals surface area contributed by atoms with Gasteiger partial charge in [-0.1, -0.05) is 41.9 Å². The van der Waals surface area contributed by atoms with Gasteiger partial charge >= 0.3 is 6.09 Å². The molecule has 5 nitrogen and oxygen atoms in total. The second-order valence-corrected chi connectivity index (χ2v) is 7.42. The van der Waals surface area contributed by atoms with E-state index in [-0.39, 0.29) is 11.6 Å². The van der Waals surface area contributed by atoms with Crippen molar-refractivity contribution in [3.8, 4) is 0 Å². The van der Waals surface area contributed by atoms with Gasteiger partial charge in [0.25, 0.3) is 5.91 Å². The molecule has 1 heterocycles. The number of aliphatic imine (C=N–C) groups is 1. The zero-order valence-corrected chi connectivity index (χ0v) is 15.6. The lowest BCUT2D eigenvalue weighted by Gasteiger charge is -2.18. The topological polar surface area (TPSA) is 59.0 Å². The number of halogens is 1. The van der Waals surface area contributed by atoms with Crippen molar-refractivity contribution in [3.63, 3.8) is 0 Å². The minimum Gasteiger partial charge on any atom is -0.442 e. The van der Waals surface area contributed by atoms with Crippen molar-refractivity contribution in [2.75, 3.05) is 4.90 Å². The molecule has 0 atom stereocenters. The summed E-state index contributed by atoms with van der Waals surface area (Å²) in [6.45, 7) is 5.60. The fourth-order valence-electron chi connectivity index (χ4n) is 2.69. The summed E-state index contributed by atoms with van der Waals surface area (Å²) in [6.07, 6.45) is -0.789. The van der Waals surface area contributed by atoms with Crippen LogP contribution in [-0.4, -0.2) is 23.3 Å². The molecule has 0 spiro atoms. The van der Waals surface area contributed by atoms with E-state index >= 15 is 0 Å². The number of ether oxygens (including phenoxy) is 1. The van der Waals surface area contributed by atoms with Gasteiger partial charge in [0.1, 0.15) is 11.3 Å². The summed E-state index contributed by atoms with van der Waals surface area (Å²) < 4.78 is 5.22. The number of carbonyl (C=O) groups is 2. The van der Waals surface area contributed by atoms with Crippen molar-refractivity contribution < 1.29 is 14.3 Å². The van der Waals surface area contributed by atoms with Crippen molar-refractivity contribution in [2.45, 2.75) is 32.9 Å². The molecule has 2 aromatic rings. The zero-order chi connectivity index (χ0) is 18.9. The summed E-state index contributed by atoms with van der Waals surface area (Å²) in [5, 5.41) is 0.508. The number of carbonyl (C=O) groups excluding carboxylic acids is 2. The standard InChI is InChI=1S/C20H19ClN2O3/c1-20(2,3)26-19(25)22-17-15-10-9-14(21)11-16(15)23(18(17)24)12-13-7-5-4-6-8-13/h4-11H,12H2,1-3H3/b22-17+. The van der Waals surface area contributed by atoms with Crippen LogP contribution in [0.5, 0.6) is 0 Å². The van der Waals surface area contributed by atoms with Crippen LogP contribution in [0.25, 0.3) is 0 Å². The van der Waals surface area contributed by atoms with Crippen LogP contribution >= 0.6 is 11.6 Å². The van der Waals surface area contributed by atoms with E-state index in [2.05, 4.69) is 4.99 Å². The number of amides is 2.